The van der Waals surface area contributed by atoms with Gasteiger partial charge in [0.1, 0.15) is 0 Å². The first-order valence-corrected chi connectivity index (χ1v) is 8.26. The second-order valence-electron chi connectivity index (χ2n) is 5.48. The minimum atomic E-state index is -0.345. The Morgan fingerprint density at radius 3 is 2.67 bits per heavy atom. The van der Waals surface area contributed by atoms with Crippen LogP contribution in [0.3, 0.4) is 0 Å². The number of aliphatic hydroxyl groups is 1. The molecule has 0 amide bonds. The van der Waals surface area contributed by atoms with Gasteiger partial charge in [-0.25, -0.2) is 0 Å². The number of halogens is 1. The van der Waals surface area contributed by atoms with Crippen LogP contribution in [0.25, 0.3) is 0 Å². The van der Waals surface area contributed by atoms with Gasteiger partial charge in [-0.15, -0.1) is 0 Å². The Balaban J connectivity index is 1.99. The van der Waals surface area contributed by atoms with Crippen LogP contribution in [0, 0.1) is 13.8 Å². The molecular formula is C17H23BrN2O. The highest BCUT2D eigenvalue weighted by molar-refractivity contribution is 9.10. The summed E-state index contributed by atoms with van der Waals surface area (Å²) in [4.78, 5) is 0. The van der Waals surface area contributed by atoms with Gasteiger partial charge in [0.25, 0.3) is 0 Å². The van der Waals surface area contributed by atoms with Crippen LogP contribution in [0.2, 0.25) is 0 Å². The predicted molar refractivity (Wildman–Crippen MR) is 89.5 cm³/mol. The molecular weight excluding hydrogens is 328 g/mol. The van der Waals surface area contributed by atoms with Crippen LogP contribution in [0.1, 0.15) is 35.9 Å². The Kier molecular flexibility index (Phi) is 5.59. The highest BCUT2D eigenvalue weighted by Crippen LogP contribution is 2.23. The van der Waals surface area contributed by atoms with Crippen molar-refractivity contribution in [2.24, 2.45) is 0 Å². The molecule has 3 nitrogen and oxygen atoms in total. The largest absolute Gasteiger partial charge is 0.393 e. The summed E-state index contributed by atoms with van der Waals surface area (Å²) in [7, 11) is 0. The quantitative estimate of drug-likeness (QED) is 0.859. The van der Waals surface area contributed by atoms with Gasteiger partial charge < -0.3 is 5.11 Å². The van der Waals surface area contributed by atoms with Crippen molar-refractivity contribution in [3.05, 3.63) is 51.3 Å². The van der Waals surface area contributed by atoms with Gasteiger partial charge >= 0.3 is 0 Å². The van der Waals surface area contributed by atoms with E-state index in [0.29, 0.717) is 6.42 Å². The van der Waals surface area contributed by atoms with Crippen molar-refractivity contribution in [3.8, 4) is 0 Å². The SMILES string of the molecule is CCn1nc(C)c(Br)c1CC(O)CCc1ccccc1C. The zero-order chi connectivity index (χ0) is 15.4. The van der Waals surface area contributed by atoms with E-state index in [4.69, 9.17) is 0 Å². The zero-order valence-electron chi connectivity index (χ0n) is 12.9. The minimum Gasteiger partial charge on any atom is -0.393 e. The number of aryl methyl sites for hydroxylation is 4. The molecule has 2 rings (SSSR count). The smallest absolute Gasteiger partial charge is 0.0738 e. The van der Waals surface area contributed by atoms with Gasteiger partial charge in [0.2, 0.25) is 0 Å². The maximum atomic E-state index is 10.3. The summed E-state index contributed by atoms with van der Waals surface area (Å²) in [5.74, 6) is 0. The van der Waals surface area contributed by atoms with Crippen LogP contribution in [-0.2, 0) is 19.4 Å². The summed E-state index contributed by atoms with van der Waals surface area (Å²) in [6.45, 7) is 7.00. The summed E-state index contributed by atoms with van der Waals surface area (Å²) in [5, 5.41) is 14.8. The van der Waals surface area contributed by atoms with E-state index in [2.05, 4.69) is 59.1 Å². The zero-order valence-corrected chi connectivity index (χ0v) is 14.5. The lowest BCUT2D eigenvalue weighted by Crippen LogP contribution is -2.15. The van der Waals surface area contributed by atoms with Crippen LogP contribution in [0.15, 0.2) is 28.7 Å². The molecule has 1 heterocycles. The summed E-state index contributed by atoms with van der Waals surface area (Å²) in [5.41, 5.74) is 4.68. The predicted octanol–water partition coefficient (Wildman–Crippen LogP) is 3.82. The van der Waals surface area contributed by atoms with Gasteiger partial charge in [0.05, 0.1) is 22.0 Å². The third kappa shape index (κ3) is 3.95. The number of rotatable bonds is 6. The molecule has 0 radical (unpaired) electrons. The van der Waals surface area contributed by atoms with E-state index in [1.165, 1.54) is 11.1 Å². The Hall–Kier alpha value is -1.13. The monoisotopic (exact) mass is 350 g/mol. The molecule has 4 heteroatoms. The van der Waals surface area contributed by atoms with Crippen LogP contribution >= 0.6 is 15.9 Å². The lowest BCUT2D eigenvalue weighted by atomic mass is 10.0. The molecule has 0 saturated carbocycles. The molecule has 0 aliphatic carbocycles. The Morgan fingerprint density at radius 2 is 2.00 bits per heavy atom. The number of hydrogen-bond donors (Lipinski definition) is 1. The van der Waals surface area contributed by atoms with Crippen LogP contribution < -0.4 is 0 Å². The van der Waals surface area contributed by atoms with Crippen LogP contribution in [0.5, 0.6) is 0 Å². The molecule has 1 aromatic heterocycles. The highest BCUT2D eigenvalue weighted by Gasteiger charge is 2.16. The van der Waals surface area contributed by atoms with Crippen molar-refractivity contribution < 1.29 is 5.11 Å². The van der Waals surface area contributed by atoms with Crippen LogP contribution in [-0.4, -0.2) is 21.0 Å². The molecule has 1 atom stereocenters. The molecule has 0 aliphatic rings. The summed E-state index contributed by atoms with van der Waals surface area (Å²) in [6.07, 6.45) is 1.97. The molecule has 1 unspecified atom stereocenters. The van der Waals surface area contributed by atoms with Crippen molar-refractivity contribution in [3.63, 3.8) is 0 Å². The fraction of sp³-hybridized carbons (Fsp3) is 0.471. The topological polar surface area (TPSA) is 38.0 Å². The molecule has 1 aromatic carbocycles. The first-order valence-electron chi connectivity index (χ1n) is 7.47. The van der Waals surface area contributed by atoms with Gasteiger partial charge in [-0.3, -0.25) is 4.68 Å². The summed E-state index contributed by atoms with van der Waals surface area (Å²) < 4.78 is 3.00. The van der Waals surface area contributed by atoms with Crippen molar-refractivity contribution in [2.75, 3.05) is 0 Å². The summed E-state index contributed by atoms with van der Waals surface area (Å²) in [6, 6.07) is 8.36. The van der Waals surface area contributed by atoms with Gasteiger partial charge in [-0.05, 0) is 60.7 Å². The fourth-order valence-corrected chi connectivity index (χ4v) is 3.05. The molecule has 0 bridgehead atoms. The minimum absolute atomic E-state index is 0.345. The molecule has 0 spiro atoms. The van der Waals surface area contributed by atoms with Crippen molar-refractivity contribution in [1.29, 1.82) is 0 Å². The number of benzene rings is 1. The van der Waals surface area contributed by atoms with Gasteiger partial charge in [0, 0.05) is 13.0 Å². The number of hydrogen-bond acceptors (Lipinski definition) is 2. The molecule has 21 heavy (non-hydrogen) atoms. The van der Waals surface area contributed by atoms with Gasteiger partial charge in [-0.2, -0.15) is 5.10 Å². The Bertz CT molecular complexity index is 607. The second-order valence-corrected chi connectivity index (χ2v) is 6.28. The van der Waals surface area contributed by atoms with Gasteiger partial charge in [0.15, 0.2) is 0 Å². The summed E-state index contributed by atoms with van der Waals surface area (Å²) >= 11 is 3.58. The average Bonchev–Trinajstić information content (AvgIpc) is 2.74. The first kappa shape index (κ1) is 16.2. The maximum Gasteiger partial charge on any atom is 0.0738 e. The van der Waals surface area contributed by atoms with Crippen molar-refractivity contribution in [2.45, 2.75) is 52.7 Å². The third-order valence-corrected chi connectivity index (χ3v) is 4.92. The maximum absolute atomic E-state index is 10.3. The molecule has 1 N–H and O–H groups in total. The third-order valence-electron chi connectivity index (χ3n) is 3.89. The van der Waals surface area contributed by atoms with Crippen LogP contribution in [0.4, 0.5) is 0 Å². The lowest BCUT2D eigenvalue weighted by Gasteiger charge is -2.13. The Labute approximate surface area is 135 Å². The van der Waals surface area contributed by atoms with E-state index >= 15 is 0 Å². The normalized spacial score (nSPS) is 12.6. The van der Waals surface area contributed by atoms with Gasteiger partial charge in [-0.1, -0.05) is 24.3 Å². The lowest BCUT2D eigenvalue weighted by molar-refractivity contribution is 0.162. The molecule has 114 valence electrons. The number of nitrogens with zero attached hydrogens (tertiary/aromatic N) is 2. The number of aliphatic hydroxyl groups excluding tert-OH is 1. The average molecular weight is 351 g/mol. The van der Waals surface area contributed by atoms with Crippen molar-refractivity contribution in [1.82, 2.24) is 9.78 Å². The first-order chi connectivity index (χ1) is 10.0. The Morgan fingerprint density at radius 1 is 1.29 bits per heavy atom. The van der Waals surface area contributed by atoms with E-state index in [9.17, 15) is 5.11 Å². The van der Waals surface area contributed by atoms with Crippen molar-refractivity contribution >= 4 is 15.9 Å². The van der Waals surface area contributed by atoms with E-state index in [-0.39, 0.29) is 6.10 Å². The second kappa shape index (κ2) is 7.23. The highest BCUT2D eigenvalue weighted by atomic mass is 79.9. The standard InChI is InChI=1S/C17H23BrN2O/c1-4-20-16(17(18)13(3)19-20)11-15(21)10-9-14-8-6-5-7-12(14)2/h5-8,15,21H,4,9-11H2,1-3H3. The molecule has 0 saturated heterocycles. The number of aromatic nitrogens is 2. The molecule has 2 aromatic rings. The van der Waals surface area contributed by atoms with E-state index in [1.54, 1.807) is 0 Å². The fourth-order valence-electron chi connectivity index (χ4n) is 2.60. The molecule has 0 aliphatic heterocycles. The van der Waals surface area contributed by atoms with E-state index in [0.717, 1.165) is 35.2 Å². The van der Waals surface area contributed by atoms with E-state index in [1.807, 2.05) is 11.6 Å². The molecule has 0 fully saturated rings. The van der Waals surface area contributed by atoms with E-state index < -0.39 is 0 Å².